The van der Waals surface area contributed by atoms with Gasteiger partial charge in [0, 0.05) is 25.3 Å². The minimum absolute atomic E-state index is 0.0967. The van der Waals surface area contributed by atoms with Crippen molar-refractivity contribution in [3.63, 3.8) is 0 Å². The molecular formula is C20H28N2O4S. The van der Waals surface area contributed by atoms with Crippen LogP contribution in [0.2, 0.25) is 0 Å². The molecule has 0 unspecified atom stereocenters. The highest BCUT2D eigenvalue weighted by Gasteiger charge is 2.17. The average molecular weight is 393 g/mol. The molecule has 1 heterocycles. The molecule has 0 aliphatic heterocycles. The van der Waals surface area contributed by atoms with E-state index < -0.39 is 0 Å². The van der Waals surface area contributed by atoms with Crippen LogP contribution < -0.4 is 14.8 Å². The number of aryl methyl sites for hydroxylation is 1. The summed E-state index contributed by atoms with van der Waals surface area (Å²) in [5.41, 5.74) is 1.61. The molecule has 2 rings (SSSR count). The molecule has 0 aliphatic rings. The van der Waals surface area contributed by atoms with Gasteiger partial charge in [-0.1, -0.05) is 13.8 Å². The van der Waals surface area contributed by atoms with Gasteiger partial charge in [-0.3, -0.25) is 4.79 Å². The third kappa shape index (κ3) is 5.94. The van der Waals surface area contributed by atoms with E-state index in [1.807, 2.05) is 25.1 Å². The Bertz CT molecular complexity index is 758. The van der Waals surface area contributed by atoms with Crippen LogP contribution in [0.4, 0.5) is 0 Å². The monoisotopic (exact) mass is 392 g/mol. The molecule has 0 fully saturated rings. The fourth-order valence-electron chi connectivity index (χ4n) is 2.48. The number of carbonyl (C=O) groups is 1. The first-order chi connectivity index (χ1) is 13.0. The zero-order chi connectivity index (χ0) is 19.8. The van der Waals surface area contributed by atoms with Gasteiger partial charge in [0.15, 0.2) is 11.5 Å². The zero-order valence-electron chi connectivity index (χ0n) is 16.6. The van der Waals surface area contributed by atoms with Crippen LogP contribution in [0, 0.1) is 12.8 Å². The topological polar surface area (TPSA) is 69.7 Å². The Kier molecular flexibility index (Phi) is 8.06. The van der Waals surface area contributed by atoms with Crippen LogP contribution in [0.15, 0.2) is 18.2 Å². The summed E-state index contributed by atoms with van der Waals surface area (Å²) in [5, 5.41) is 3.72. The van der Waals surface area contributed by atoms with E-state index in [2.05, 4.69) is 24.1 Å². The fraction of sp³-hybridized carbons (Fsp3) is 0.500. The Morgan fingerprint density at radius 2 is 1.96 bits per heavy atom. The standard InChI is InChI=1S/C20H28N2O4S/c1-13(2)12-26-10-6-9-21-19(23)18-14(3)22-20(27-18)15-7-8-16(24-4)17(11-15)25-5/h7-8,11,13H,6,9-10,12H2,1-5H3,(H,21,23). The SMILES string of the molecule is COc1ccc(-c2nc(C)c(C(=O)NCCCOCC(C)C)s2)cc1OC. The third-order valence-corrected chi connectivity index (χ3v) is 5.04. The van der Waals surface area contributed by atoms with Gasteiger partial charge < -0.3 is 19.5 Å². The van der Waals surface area contributed by atoms with Crippen molar-refractivity contribution >= 4 is 17.2 Å². The van der Waals surface area contributed by atoms with Crippen molar-refractivity contribution in [3.05, 3.63) is 28.8 Å². The Labute approximate surface area is 164 Å². The summed E-state index contributed by atoms with van der Waals surface area (Å²) in [6.07, 6.45) is 0.791. The highest BCUT2D eigenvalue weighted by atomic mass is 32.1. The molecule has 27 heavy (non-hydrogen) atoms. The Morgan fingerprint density at radius 3 is 2.63 bits per heavy atom. The van der Waals surface area contributed by atoms with Gasteiger partial charge in [-0.15, -0.1) is 11.3 Å². The summed E-state index contributed by atoms with van der Waals surface area (Å²) in [7, 11) is 3.19. The van der Waals surface area contributed by atoms with Crippen molar-refractivity contribution in [2.45, 2.75) is 27.2 Å². The average Bonchev–Trinajstić information content (AvgIpc) is 3.05. The van der Waals surface area contributed by atoms with Crippen LogP contribution in [-0.2, 0) is 4.74 Å². The Morgan fingerprint density at radius 1 is 1.22 bits per heavy atom. The van der Waals surface area contributed by atoms with E-state index in [1.165, 1.54) is 11.3 Å². The number of nitrogens with one attached hydrogen (secondary N) is 1. The molecule has 0 spiro atoms. The van der Waals surface area contributed by atoms with E-state index in [9.17, 15) is 4.79 Å². The van der Waals surface area contributed by atoms with Crippen LogP contribution in [-0.4, -0.2) is 44.9 Å². The molecule has 2 aromatic rings. The number of hydrogen-bond acceptors (Lipinski definition) is 6. The predicted octanol–water partition coefficient (Wildman–Crippen LogP) is 3.93. The van der Waals surface area contributed by atoms with E-state index in [0.29, 0.717) is 35.4 Å². The lowest BCUT2D eigenvalue weighted by Crippen LogP contribution is -2.25. The Hall–Kier alpha value is -2.12. The largest absolute Gasteiger partial charge is 0.493 e. The maximum Gasteiger partial charge on any atom is 0.263 e. The van der Waals surface area contributed by atoms with E-state index in [4.69, 9.17) is 14.2 Å². The van der Waals surface area contributed by atoms with Gasteiger partial charge >= 0.3 is 0 Å². The normalized spacial score (nSPS) is 10.9. The van der Waals surface area contributed by atoms with Gasteiger partial charge in [-0.05, 0) is 37.5 Å². The van der Waals surface area contributed by atoms with Gasteiger partial charge in [-0.2, -0.15) is 0 Å². The molecule has 0 atom stereocenters. The highest BCUT2D eigenvalue weighted by Crippen LogP contribution is 2.34. The van der Waals surface area contributed by atoms with Crippen molar-refractivity contribution in [3.8, 4) is 22.1 Å². The van der Waals surface area contributed by atoms with E-state index in [1.54, 1.807) is 14.2 Å². The molecule has 0 saturated carbocycles. The first kappa shape index (κ1) is 21.2. The first-order valence-corrected chi connectivity index (χ1v) is 9.83. The summed E-state index contributed by atoms with van der Waals surface area (Å²) in [6, 6.07) is 5.61. The van der Waals surface area contributed by atoms with Crippen molar-refractivity contribution < 1.29 is 19.0 Å². The molecule has 1 amide bonds. The quantitative estimate of drug-likeness (QED) is 0.621. The third-order valence-electron chi connectivity index (χ3n) is 3.84. The fourth-order valence-corrected chi connectivity index (χ4v) is 3.45. The van der Waals surface area contributed by atoms with Crippen molar-refractivity contribution in [1.82, 2.24) is 10.3 Å². The first-order valence-electron chi connectivity index (χ1n) is 9.02. The number of hydrogen-bond donors (Lipinski definition) is 1. The number of rotatable bonds is 10. The van der Waals surface area contributed by atoms with Gasteiger partial charge in [-0.25, -0.2) is 4.98 Å². The summed E-state index contributed by atoms with van der Waals surface area (Å²) >= 11 is 1.37. The lowest BCUT2D eigenvalue weighted by molar-refractivity contribution is 0.0928. The van der Waals surface area contributed by atoms with Crippen LogP contribution in [0.5, 0.6) is 11.5 Å². The van der Waals surface area contributed by atoms with Crippen molar-refractivity contribution in [1.29, 1.82) is 0 Å². The second kappa shape index (κ2) is 10.3. The number of methoxy groups -OCH3 is 2. The summed E-state index contributed by atoms with van der Waals surface area (Å²) in [5.74, 6) is 1.72. The minimum Gasteiger partial charge on any atom is -0.493 e. The van der Waals surface area contributed by atoms with Crippen LogP contribution in [0.1, 0.15) is 35.6 Å². The second-order valence-corrected chi connectivity index (χ2v) is 7.58. The van der Waals surface area contributed by atoms with Gasteiger partial charge in [0.2, 0.25) is 0 Å². The molecule has 0 bridgehead atoms. The number of carbonyl (C=O) groups excluding carboxylic acids is 1. The number of amides is 1. The van der Waals surface area contributed by atoms with E-state index in [-0.39, 0.29) is 5.91 Å². The molecule has 0 saturated heterocycles. The maximum absolute atomic E-state index is 12.4. The summed E-state index contributed by atoms with van der Waals surface area (Å²) in [6.45, 7) is 8.06. The molecule has 1 aromatic heterocycles. The number of nitrogens with zero attached hydrogens (tertiary/aromatic N) is 1. The number of ether oxygens (including phenoxy) is 3. The maximum atomic E-state index is 12.4. The summed E-state index contributed by atoms with van der Waals surface area (Å²) < 4.78 is 16.1. The number of thiazole rings is 1. The molecule has 1 N–H and O–H groups in total. The van der Waals surface area contributed by atoms with Crippen LogP contribution in [0.25, 0.3) is 10.6 Å². The number of benzene rings is 1. The molecule has 0 aliphatic carbocycles. The van der Waals surface area contributed by atoms with Gasteiger partial charge in [0.05, 0.1) is 19.9 Å². The minimum atomic E-state index is -0.0967. The summed E-state index contributed by atoms with van der Waals surface area (Å²) in [4.78, 5) is 17.6. The smallest absolute Gasteiger partial charge is 0.263 e. The molecule has 6 nitrogen and oxygen atoms in total. The van der Waals surface area contributed by atoms with Crippen molar-refractivity contribution in [2.75, 3.05) is 34.0 Å². The highest BCUT2D eigenvalue weighted by molar-refractivity contribution is 7.17. The van der Waals surface area contributed by atoms with Crippen LogP contribution in [0.3, 0.4) is 0 Å². The van der Waals surface area contributed by atoms with Gasteiger partial charge in [0.25, 0.3) is 5.91 Å². The lowest BCUT2D eigenvalue weighted by atomic mass is 10.2. The van der Waals surface area contributed by atoms with E-state index in [0.717, 1.165) is 29.3 Å². The predicted molar refractivity (Wildman–Crippen MR) is 108 cm³/mol. The second-order valence-electron chi connectivity index (χ2n) is 6.58. The molecular weight excluding hydrogens is 364 g/mol. The zero-order valence-corrected chi connectivity index (χ0v) is 17.4. The Balaban J connectivity index is 1.98. The van der Waals surface area contributed by atoms with Crippen LogP contribution >= 0.6 is 11.3 Å². The molecule has 1 aromatic carbocycles. The molecule has 148 valence electrons. The molecule has 0 radical (unpaired) electrons. The van der Waals surface area contributed by atoms with Gasteiger partial charge in [0.1, 0.15) is 9.88 Å². The van der Waals surface area contributed by atoms with E-state index >= 15 is 0 Å². The number of aromatic nitrogens is 1. The molecule has 7 heteroatoms. The lowest BCUT2D eigenvalue weighted by Gasteiger charge is -2.08. The van der Waals surface area contributed by atoms with Crippen molar-refractivity contribution in [2.24, 2.45) is 5.92 Å².